The topological polar surface area (TPSA) is 41.4 Å². The third-order valence-electron chi connectivity index (χ3n) is 4.17. The Balaban J connectivity index is 1.61. The van der Waals surface area contributed by atoms with E-state index in [1.54, 1.807) is 6.21 Å². The Morgan fingerprint density at radius 2 is 1.81 bits per heavy atom. The molecule has 0 aliphatic heterocycles. The van der Waals surface area contributed by atoms with Gasteiger partial charge >= 0.3 is 0 Å². The van der Waals surface area contributed by atoms with Crippen LogP contribution in [0.15, 0.2) is 72.0 Å². The lowest BCUT2D eigenvalue weighted by atomic mass is 10.1. The van der Waals surface area contributed by atoms with E-state index in [9.17, 15) is 0 Å². The van der Waals surface area contributed by atoms with Crippen LogP contribution < -0.4 is 10.7 Å². The van der Waals surface area contributed by atoms with Crippen molar-refractivity contribution in [2.75, 3.05) is 5.32 Å². The maximum atomic E-state index is 6.26. The molecular weight excluding hydrogens is 376 g/mol. The SMILES string of the molecule is CCc1ccccc1NC(=S)N/N=C\c1cccn1Cc1ccccc1Cl. The van der Waals surface area contributed by atoms with E-state index in [0.29, 0.717) is 11.7 Å². The van der Waals surface area contributed by atoms with Crippen molar-refractivity contribution in [2.45, 2.75) is 19.9 Å². The maximum Gasteiger partial charge on any atom is 0.191 e. The number of hydrogen-bond acceptors (Lipinski definition) is 2. The summed E-state index contributed by atoms with van der Waals surface area (Å²) in [4.78, 5) is 0. The van der Waals surface area contributed by atoms with Crippen LogP contribution in [-0.4, -0.2) is 15.9 Å². The molecule has 0 bridgehead atoms. The van der Waals surface area contributed by atoms with E-state index < -0.39 is 0 Å². The highest BCUT2D eigenvalue weighted by molar-refractivity contribution is 7.80. The molecule has 0 unspecified atom stereocenters. The number of para-hydroxylation sites is 1. The molecule has 138 valence electrons. The lowest BCUT2D eigenvalue weighted by molar-refractivity contribution is 0.799. The standard InChI is InChI=1S/C21H21ClN4S/c1-2-16-8-4-6-12-20(16)24-21(27)25-23-14-18-10-7-13-26(18)15-17-9-3-5-11-19(17)22/h3-14H,2,15H2,1H3,(H2,24,25,27)/b23-14-. The quantitative estimate of drug-likeness (QED) is 0.347. The van der Waals surface area contributed by atoms with E-state index in [0.717, 1.165) is 28.4 Å². The Kier molecular flexibility index (Phi) is 6.63. The first-order valence-corrected chi connectivity index (χ1v) is 9.52. The Hall–Kier alpha value is -2.63. The normalized spacial score (nSPS) is 10.9. The summed E-state index contributed by atoms with van der Waals surface area (Å²) in [7, 11) is 0. The highest BCUT2D eigenvalue weighted by Crippen LogP contribution is 2.17. The summed E-state index contributed by atoms with van der Waals surface area (Å²) in [6.07, 6.45) is 4.68. The molecule has 0 spiro atoms. The maximum absolute atomic E-state index is 6.26. The van der Waals surface area contributed by atoms with E-state index in [1.807, 2.05) is 60.8 Å². The summed E-state index contributed by atoms with van der Waals surface area (Å²) in [6, 6.07) is 19.9. The Bertz CT molecular complexity index is 949. The fourth-order valence-electron chi connectivity index (χ4n) is 2.76. The van der Waals surface area contributed by atoms with E-state index in [2.05, 4.69) is 33.4 Å². The molecule has 6 heteroatoms. The van der Waals surface area contributed by atoms with Gasteiger partial charge in [0.05, 0.1) is 11.9 Å². The van der Waals surface area contributed by atoms with Crippen LogP contribution in [0.3, 0.4) is 0 Å². The molecule has 0 saturated carbocycles. The van der Waals surface area contributed by atoms with Gasteiger partial charge in [-0.15, -0.1) is 0 Å². The summed E-state index contributed by atoms with van der Waals surface area (Å²) in [5.41, 5.74) is 7.10. The zero-order valence-corrected chi connectivity index (χ0v) is 16.6. The second-order valence-corrected chi connectivity index (χ2v) is 6.80. The van der Waals surface area contributed by atoms with Crippen molar-refractivity contribution < 1.29 is 0 Å². The second-order valence-electron chi connectivity index (χ2n) is 5.99. The van der Waals surface area contributed by atoms with Crippen molar-refractivity contribution in [3.8, 4) is 0 Å². The monoisotopic (exact) mass is 396 g/mol. The van der Waals surface area contributed by atoms with Gasteiger partial charge in [-0.05, 0) is 54.0 Å². The fourth-order valence-corrected chi connectivity index (χ4v) is 3.11. The van der Waals surface area contributed by atoms with Crippen LogP contribution in [-0.2, 0) is 13.0 Å². The zero-order valence-electron chi connectivity index (χ0n) is 15.0. The number of benzene rings is 2. The first kappa shape index (κ1) is 19.1. The number of aromatic nitrogens is 1. The lowest BCUT2D eigenvalue weighted by Crippen LogP contribution is -2.24. The summed E-state index contributed by atoms with van der Waals surface area (Å²) >= 11 is 11.6. The van der Waals surface area contributed by atoms with Crippen LogP contribution in [0.5, 0.6) is 0 Å². The number of anilines is 1. The van der Waals surface area contributed by atoms with Crippen molar-refractivity contribution in [1.29, 1.82) is 0 Å². The number of nitrogens with zero attached hydrogens (tertiary/aromatic N) is 2. The third kappa shape index (κ3) is 5.18. The van der Waals surface area contributed by atoms with Crippen molar-refractivity contribution in [2.24, 2.45) is 5.10 Å². The minimum Gasteiger partial charge on any atom is -0.342 e. The first-order valence-electron chi connectivity index (χ1n) is 8.74. The van der Waals surface area contributed by atoms with E-state index >= 15 is 0 Å². The average Bonchev–Trinajstić information content (AvgIpc) is 3.11. The molecule has 0 saturated heterocycles. The molecule has 0 aliphatic carbocycles. The van der Waals surface area contributed by atoms with E-state index in [4.69, 9.17) is 23.8 Å². The highest BCUT2D eigenvalue weighted by Gasteiger charge is 2.04. The van der Waals surface area contributed by atoms with Gasteiger partial charge in [-0.25, -0.2) is 0 Å². The molecule has 1 heterocycles. The van der Waals surface area contributed by atoms with Gasteiger partial charge in [0.15, 0.2) is 5.11 Å². The number of nitrogens with one attached hydrogen (secondary N) is 2. The van der Waals surface area contributed by atoms with Crippen LogP contribution >= 0.6 is 23.8 Å². The molecule has 4 nitrogen and oxygen atoms in total. The number of aryl methyl sites for hydroxylation is 1. The Labute approximate surface area is 169 Å². The third-order valence-corrected chi connectivity index (χ3v) is 4.73. The number of thiocarbonyl (C=S) groups is 1. The molecule has 2 aromatic carbocycles. The summed E-state index contributed by atoms with van der Waals surface area (Å²) in [5, 5.41) is 8.65. The average molecular weight is 397 g/mol. The van der Waals surface area contributed by atoms with Crippen LogP contribution in [0, 0.1) is 0 Å². The molecule has 0 aliphatic rings. The minimum absolute atomic E-state index is 0.455. The Morgan fingerprint density at radius 3 is 2.59 bits per heavy atom. The van der Waals surface area contributed by atoms with Crippen LogP contribution in [0.4, 0.5) is 5.69 Å². The predicted molar refractivity (Wildman–Crippen MR) is 118 cm³/mol. The largest absolute Gasteiger partial charge is 0.342 e. The van der Waals surface area contributed by atoms with Crippen LogP contribution in [0.1, 0.15) is 23.7 Å². The second kappa shape index (κ2) is 9.35. The summed E-state index contributed by atoms with van der Waals surface area (Å²) < 4.78 is 2.08. The van der Waals surface area contributed by atoms with Crippen molar-refractivity contribution in [3.63, 3.8) is 0 Å². The number of hydrazone groups is 1. The molecule has 0 radical (unpaired) electrons. The molecule has 0 amide bonds. The van der Waals surface area contributed by atoms with Crippen molar-refractivity contribution in [3.05, 3.63) is 88.7 Å². The number of hydrogen-bond donors (Lipinski definition) is 2. The lowest BCUT2D eigenvalue weighted by Gasteiger charge is -2.11. The first-order chi connectivity index (χ1) is 13.2. The van der Waals surface area contributed by atoms with Gasteiger partial charge in [0.25, 0.3) is 0 Å². The predicted octanol–water partition coefficient (Wildman–Crippen LogP) is 5.07. The van der Waals surface area contributed by atoms with Crippen LogP contribution in [0.25, 0.3) is 0 Å². The molecule has 3 aromatic rings. The number of halogens is 1. The van der Waals surface area contributed by atoms with Gasteiger partial charge in [0, 0.05) is 23.5 Å². The zero-order chi connectivity index (χ0) is 19.1. The fraction of sp³-hybridized carbons (Fsp3) is 0.143. The Morgan fingerprint density at radius 1 is 1.07 bits per heavy atom. The summed E-state index contributed by atoms with van der Waals surface area (Å²) in [6.45, 7) is 2.79. The smallest absolute Gasteiger partial charge is 0.191 e. The minimum atomic E-state index is 0.455. The van der Waals surface area contributed by atoms with Crippen molar-refractivity contribution in [1.82, 2.24) is 9.99 Å². The van der Waals surface area contributed by atoms with E-state index in [-0.39, 0.29) is 0 Å². The molecule has 0 fully saturated rings. The molecule has 0 atom stereocenters. The van der Waals surface area contributed by atoms with Gasteiger partial charge in [0.1, 0.15) is 0 Å². The molecule has 27 heavy (non-hydrogen) atoms. The van der Waals surface area contributed by atoms with Gasteiger partial charge in [0.2, 0.25) is 0 Å². The van der Waals surface area contributed by atoms with Crippen LogP contribution in [0.2, 0.25) is 5.02 Å². The van der Waals surface area contributed by atoms with Gasteiger partial charge in [-0.1, -0.05) is 54.9 Å². The molecule has 3 rings (SSSR count). The van der Waals surface area contributed by atoms with Gasteiger partial charge in [-0.3, -0.25) is 5.43 Å². The number of rotatable bonds is 6. The molecule has 1 aromatic heterocycles. The van der Waals surface area contributed by atoms with Gasteiger partial charge < -0.3 is 9.88 Å². The van der Waals surface area contributed by atoms with Crippen molar-refractivity contribution >= 4 is 40.8 Å². The summed E-state index contributed by atoms with van der Waals surface area (Å²) in [5.74, 6) is 0. The highest BCUT2D eigenvalue weighted by atomic mass is 35.5. The molecular formula is C21H21ClN4S. The molecule has 2 N–H and O–H groups in total. The van der Waals surface area contributed by atoms with E-state index in [1.165, 1.54) is 5.56 Å². The van der Waals surface area contributed by atoms with Gasteiger partial charge in [-0.2, -0.15) is 5.10 Å².